The lowest BCUT2D eigenvalue weighted by molar-refractivity contribution is 0.122. The summed E-state index contributed by atoms with van der Waals surface area (Å²) in [6.45, 7) is 4.66. The van der Waals surface area contributed by atoms with Crippen LogP contribution in [0.1, 0.15) is 30.6 Å². The highest BCUT2D eigenvalue weighted by molar-refractivity contribution is 5.24. The first kappa shape index (κ1) is 13.2. The monoisotopic (exact) mass is 223 g/mol. The van der Waals surface area contributed by atoms with E-state index in [1.165, 1.54) is 5.56 Å². The first-order valence-corrected chi connectivity index (χ1v) is 5.78. The van der Waals surface area contributed by atoms with E-state index in [4.69, 9.17) is 5.11 Å². The van der Waals surface area contributed by atoms with Crippen molar-refractivity contribution < 1.29 is 10.2 Å². The van der Waals surface area contributed by atoms with Gasteiger partial charge in [-0.3, -0.25) is 0 Å². The van der Waals surface area contributed by atoms with Crippen LogP contribution in [-0.4, -0.2) is 29.4 Å². The maximum Gasteiger partial charge on any atom is 0.0942 e. The van der Waals surface area contributed by atoms with Crippen LogP contribution in [0.2, 0.25) is 0 Å². The van der Waals surface area contributed by atoms with E-state index in [9.17, 15) is 5.11 Å². The highest BCUT2D eigenvalue weighted by atomic mass is 16.3. The number of aryl methyl sites for hydroxylation is 1. The molecule has 1 rings (SSSR count). The van der Waals surface area contributed by atoms with Gasteiger partial charge in [0.25, 0.3) is 0 Å². The predicted octanol–water partition coefficient (Wildman–Crippen LogP) is 1.39. The molecule has 0 saturated carbocycles. The van der Waals surface area contributed by atoms with Crippen LogP contribution in [0.25, 0.3) is 0 Å². The molecule has 3 N–H and O–H groups in total. The minimum atomic E-state index is -0.517. The Labute approximate surface area is 97.1 Å². The maximum absolute atomic E-state index is 10.2. The lowest BCUT2D eigenvalue weighted by Gasteiger charge is -2.23. The zero-order valence-electron chi connectivity index (χ0n) is 9.98. The fraction of sp³-hybridized carbons (Fsp3) is 0.538. The molecule has 0 spiro atoms. The number of rotatable bonds is 6. The second-order valence-corrected chi connectivity index (χ2v) is 4.05. The Morgan fingerprint density at radius 1 is 1.25 bits per heavy atom. The van der Waals surface area contributed by atoms with Gasteiger partial charge in [-0.05, 0) is 18.9 Å². The average molecular weight is 223 g/mol. The topological polar surface area (TPSA) is 52.5 Å². The number of hydrogen-bond acceptors (Lipinski definition) is 3. The molecule has 0 aliphatic carbocycles. The standard InChI is InChI=1S/C13H21NO2/c1-3-12(14-8-9-15)13(16)11-6-4-10(2)5-7-11/h4-7,12-16H,3,8-9H2,1-2H3. The molecule has 90 valence electrons. The minimum absolute atomic E-state index is 0.00476. The van der Waals surface area contributed by atoms with Crippen LogP contribution in [-0.2, 0) is 0 Å². The van der Waals surface area contributed by atoms with E-state index in [1.54, 1.807) is 0 Å². The third kappa shape index (κ3) is 3.59. The molecule has 0 amide bonds. The molecular weight excluding hydrogens is 202 g/mol. The second kappa shape index (κ2) is 6.63. The van der Waals surface area contributed by atoms with Crippen molar-refractivity contribution in [2.24, 2.45) is 0 Å². The molecule has 0 aliphatic rings. The van der Waals surface area contributed by atoms with E-state index in [2.05, 4.69) is 5.32 Å². The van der Waals surface area contributed by atoms with Gasteiger partial charge in [-0.1, -0.05) is 36.8 Å². The van der Waals surface area contributed by atoms with Gasteiger partial charge in [0.2, 0.25) is 0 Å². The Bertz CT molecular complexity index is 297. The Balaban J connectivity index is 2.66. The molecule has 0 aliphatic heterocycles. The van der Waals surface area contributed by atoms with E-state index in [-0.39, 0.29) is 12.6 Å². The third-order valence-corrected chi connectivity index (χ3v) is 2.76. The number of benzene rings is 1. The van der Waals surface area contributed by atoms with Crippen molar-refractivity contribution in [3.05, 3.63) is 35.4 Å². The third-order valence-electron chi connectivity index (χ3n) is 2.76. The van der Waals surface area contributed by atoms with Gasteiger partial charge in [0.15, 0.2) is 0 Å². The minimum Gasteiger partial charge on any atom is -0.395 e. The van der Waals surface area contributed by atoms with Crippen LogP contribution < -0.4 is 5.32 Å². The molecule has 2 unspecified atom stereocenters. The molecule has 0 fully saturated rings. The van der Waals surface area contributed by atoms with Gasteiger partial charge in [-0.2, -0.15) is 0 Å². The Kier molecular flexibility index (Phi) is 5.46. The van der Waals surface area contributed by atoms with Crippen LogP contribution in [0.15, 0.2) is 24.3 Å². The number of hydrogen-bond donors (Lipinski definition) is 3. The summed E-state index contributed by atoms with van der Waals surface area (Å²) in [5.41, 5.74) is 2.11. The summed E-state index contributed by atoms with van der Waals surface area (Å²) in [5.74, 6) is 0. The summed E-state index contributed by atoms with van der Waals surface area (Å²) < 4.78 is 0. The van der Waals surface area contributed by atoms with Gasteiger partial charge in [0, 0.05) is 12.6 Å². The second-order valence-electron chi connectivity index (χ2n) is 4.05. The summed E-state index contributed by atoms with van der Waals surface area (Å²) >= 11 is 0. The van der Waals surface area contributed by atoms with E-state index < -0.39 is 6.10 Å². The molecule has 0 radical (unpaired) electrons. The Hall–Kier alpha value is -0.900. The molecule has 1 aromatic carbocycles. The van der Waals surface area contributed by atoms with Gasteiger partial charge in [0.1, 0.15) is 0 Å². The average Bonchev–Trinajstić information content (AvgIpc) is 2.30. The molecule has 1 aromatic rings. The highest BCUT2D eigenvalue weighted by Crippen LogP contribution is 2.19. The maximum atomic E-state index is 10.2. The van der Waals surface area contributed by atoms with Crippen molar-refractivity contribution in [1.82, 2.24) is 5.32 Å². The van der Waals surface area contributed by atoms with Gasteiger partial charge in [0.05, 0.1) is 12.7 Å². The van der Waals surface area contributed by atoms with Gasteiger partial charge < -0.3 is 15.5 Å². The summed E-state index contributed by atoms with van der Waals surface area (Å²) in [7, 11) is 0. The van der Waals surface area contributed by atoms with Crippen LogP contribution in [0.3, 0.4) is 0 Å². The van der Waals surface area contributed by atoms with Crippen LogP contribution >= 0.6 is 0 Å². The molecule has 0 bridgehead atoms. The van der Waals surface area contributed by atoms with Gasteiger partial charge in [-0.15, -0.1) is 0 Å². The number of aliphatic hydroxyl groups is 2. The van der Waals surface area contributed by atoms with Crippen molar-refractivity contribution in [3.63, 3.8) is 0 Å². The zero-order chi connectivity index (χ0) is 12.0. The molecule has 0 aromatic heterocycles. The molecule has 3 heteroatoms. The van der Waals surface area contributed by atoms with Crippen molar-refractivity contribution in [1.29, 1.82) is 0 Å². The smallest absolute Gasteiger partial charge is 0.0942 e. The van der Waals surface area contributed by atoms with Crippen LogP contribution in [0.5, 0.6) is 0 Å². The van der Waals surface area contributed by atoms with E-state index in [0.717, 1.165) is 12.0 Å². The van der Waals surface area contributed by atoms with E-state index in [0.29, 0.717) is 6.54 Å². The molecular formula is C13H21NO2. The SMILES string of the molecule is CCC(NCCO)C(O)c1ccc(C)cc1. The van der Waals surface area contributed by atoms with Crippen molar-refractivity contribution in [2.75, 3.05) is 13.2 Å². The molecule has 0 saturated heterocycles. The van der Waals surface area contributed by atoms with Gasteiger partial charge >= 0.3 is 0 Å². The summed E-state index contributed by atoms with van der Waals surface area (Å²) in [5, 5.41) is 22.0. The molecule has 2 atom stereocenters. The predicted molar refractivity (Wildman–Crippen MR) is 65.3 cm³/mol. The van der Waals surface area contributed by atoms with E-state index >= 15 is 0 Å². The van der Waals surface area contributed by atoms with Gasteiger partial charge in [-0.25, -0.2) is 0 Å². The van der Waals surface area contributed by atoms with E-state index in [1.807, 2.05) is 38.1 Å². The first-order chi connectivity index (χ1) is 7.69. The van der Waals surface area contributed by atoms with Crippen LogP contribution in [0.4, 0.5) is 0 Å². The fourth-order valence-electron chi connectivity index (χ4n) is 1.73. The molecule has 3 nitrogen and oxygen atoms in total. The summed E-state index contributed by atoms with van der Waals surface area (Å²) in [4.78, 5) is 0. The lowest BCUT2D eigenvalue weighted by atomic mass is 9.99. The quantitative estimate of drug-likeness (QED) is 0.683. The highest BCUT2D eigenvalue weighted by Gasteiger charge is 2.17. The van der Waals surface area contributed by atoms with Crippen LogP contribution in [0, 0.1) is 6.92 Å². The fourth-order valence-corrected chi connectivity index (χ4v) is 1.73. The summed E-state index contributed by atoms with van der Waals surface area (Å²) in [6.07, 6.45) is 0.312. The summed E-state index contributed by atoms with van der Waals surface area (Å²) in [6, 6.07) is 7.89. The van der Waals surface area contributed by atoms with Crippen molar-refractivity contribution in [3.8, 4) is 0 Å². The zero-order valence-corrected chi connectivity index (χ0v) is 9.98. The Morgan fingerprint density at radius 2 is 1.88 bits per heavy atom. The Morgan fingerprint density at radius 3 is 2.38 bits per heavy atom. The number of aliphatic hydroxyl groups excluding tert-OH is 2. The first-order valence-electron chi connectivity index (χ1n) is 5.78. The normalized spacial score (nSPS) is 14.8. The molecule has 16 heavy (non-hydrogen) atoms. The van der Waals surface area contributed by atoms with Crippen molar-refractivity contribution in [2.45, 2.75) is 32.4 Å². The lowest BCUT2D eigenvalue weighted by Crippen LogP contribution is -2.36. The largest absolute Gasteiger partial charge is 0.395 e. The van der Waals surface area contributed by atoms with Crippen molar-refractivity contribution >= 4 is 0 Å². The number of nitrogens with one attached hydrogen (secondary N) is 1. The molecule has 0 heterocycles.